The Bertz CT molecular complexity index is 436. The topological polar surface area (TPSA) is 12.0 Å². The van der Waals surface area contributed by atoms with E-state index in [1.54, 1.807) is 0 Å². The molecule has 0 fully saturated rings. The molecule has 106 valence electrons. The Labute approximate surface area is 123 Å². The maximum Gasteiger partial charge on any atom is 0.00898 e. The van der Waals surface area contributed by atoms with Crippen LogP contribution in [0.1, 0.15) is 43.7 Å². The first-order valence-electron chi connectivity index (χ1n) is 7.60. The van der Waals surface area contributed by atoms with Gasteiger partial charge in [-0.2, -0.15) is 0 Å². The van der Waals surface area contributed by atoms with E-state index >= 15 is 0 Å². The first-order valence-corrected chi connectivity index (χ1v) is 7.60. The van der Waals surface area contributed by atoms with Gasteiger partial charge in [-0.25, -0.2) is 0 Å². The van der Waals surface area contributed by atoms with Crippen LogP contribution in [0.2, 0.25) is 0 Å². The highest BCUT2D eigenvalue weighted by atomic mass is 14.9. The summed E-state index contributed by atoms with van der Waals surface area (Å²) in [5.74, 6) is 0.506. The first kappa shape index (κ1) is 14.8. The third kappa shape index (κ3) is 4.50. The van der Waals surface area contributed by atoms with Gasteiger partial charge in [0.15, 0.2) is 0 Å². The monoisotopic (exact) mass is 267 g/mol. The maximum absolute atomic E-state index is 3.50. The van der Waals surface area contributed by atoms with E-state index in [0.29, 0.717) is 12.0 Å². The fourth-order valence-corrected chi connectivity index (χ4v) is 2.59. The third-order valence-electron chi connectivity index (χ3n) is 3.63. The molecule has 0 aromatic heterocycles. The molecule has 20 heavy (non-hydrogen) atoms. The minimum absolute atomic E-state index is 0.506. The standard InChI is InChI=1S/C19H25N/c1-16(2)20-15-9-14-19(17-10-5-3-6-11-17)18-12-7-4-8-13-18/h3-8,10-13,16,19-20H,9,14-15H2,1-2H3. The lowest BCUT2D eigenvalue weighted by molar-refractivity contribution is 0.543. The number of rotatable bonds is 7. The molecule has 2 aromatic carbocycles. The Morgan fingerprint density at radius 3 is 1.75 bits per heavy atom. The Morgan fingerprint density at radius 2 is 1.30 bits per heavy atom. The highest BCUT2D eigenvalue weighted by Gasteiger charge is 2.13. The second kappa shape index (κ2) is 7.86. The normalized spacial score (nSPS) is 11.2. The second-order valence-electron chi connectivity index (χ2n) is 5.63. The van der Waals surface area contributed by atoms with Crippen molar-refractivity contribution in [3.63, 3.8) is 0 Å². The van der Waals surface area contributed by atoms with Gasteiger partial charge in [0.2, 0.25) is 0 Å². The Kier molecular flexibility index (Phi) is 5.82. The lowest BCUT2D eigenvalue weighted by Crippen LogP contribution is -2.24. The van der Waals surface area contributed by atoms with Crippen LogP contribution in [0, 0.1) is 0 Å². The molecule has 0 saturated heterocycles. The minimum atomic E-state index is 0.506. The summed E-state index contributed by atoms with van der Waals surface area (Å²) in [4.78, 5) is 0. The van der Waals surface area contributed by atoms with Crippen molar-refractivity contribution in [3.8, 4) is 0 Å². The summed E-state index contributed by atoms with van der Waals surface area (Å²) in [5.41, 5.74) is 2.84. The predicted molar refractivity (Wildman–Crippen MR) is 87.1 cm³/mol. The molecular formula is C19H25N. The Hall–Kier alpha value is -1.60. The Morgan fingerprint density at radius 1 is 0.800 bits per heavy atom. The van der Waals surface area contributed by atoms with E-state index in [1.165, 1.54) is 24.0 Å². The molecule has 0 aliphatic carbocycles. The lowest BCUT2D eigenvalue weighted by Gasteiger charge is -2.18. The molecule has 2 aromatic rings. The summed E-state index contributed by atoms with van der Waals surface area (Å²) in [5, 5.41) is 3.50. The van der Waals surface area contributed by atoms with Gasteiger partial charge in [0.1, 0.15) is 0 Å². The van der Waals surface area contributed by atoms with Gasteiger partial charge in [-0.15, -0.1) is 0 Å². The molecule has 0 unspecified atom stereocenters. The fraction of sp³-hybridized carbons (Fsp3) is 0.368. The molecule has 0 radical (unpaired) electrons. The smallest absolute Gasteiger partial charge is 0.00898 e. The van der Waals surface area contributed by atoms with Crippen LogP contribution in [0.3, 0.4) is 0 Å². The summed E-state index contributed by atoms with van der Waals surface area (Å²) in [6, 6.07) is 22.3. The molecule has 0 bridgehead atoms. The molecule has 0 saturated carbocycles. The van der Waals surface area contributed by atoms with E-state index in [0.717, 1.165) is 6.54 Å². The van der Waals surface area contributed by atoms with Crippen molar-refractivity contribution in [1.82, 2.24) is 5.32 Å². The predicted octanol–water partition coefficient (Wildman–Crippen LogP) is 4.60. The van der Waals surface area contributed by atoms with E-state index < -0.39 is 0 Å². The van der Waals surface area contributed by atoms with Crippen LogP contribution in [0.25, 0.3) is 0 Å². The van der Waals surface area contributed by atoms with Gasteiger partial charge in [0.25, 0.3) is 0 Å². The fourth-order valence-electron chi connectivity index (χ4n) is 2.59. The number of nitrogens with one attached hydrogen (secondary N) is 1. The SMILES string of the molecule is CC(C)NCCCC(c1ccccc1)c1ccccc1. The van der Waals surface area contributed by atoms with Crippen LogP contribution in [-0.2, 0) is 0 Å². The number of hydrogen-bond donors (Lipinski definition) is 1. The van der Waals surface area contributed by atoms with Gasteiger partial charge in [-0.3, -0.25) is 0 Å². The molecule has 0 heterocycles. The second-order valence-corrected chi connectivity index (χ2v) is 5.63. The summed E-state index contributed by atoms with van der Waals surface area (Å²) in [6.45, 7) is 5.49. The van der Waals surface area contributed by atoms with Crippen LogP contribution >= 0.6 is 0 Å². The molecule has 0 atom stereocenters. The summed E-state index contributed by atoms with van der Waals surface area (Å²) in [6.07, 6.45) is 2.39. The van der Waals surface area contributed by atoms with Gasteiger partial charge < -0.3 is 5.32 Å². The van der Waals surface area contributed by atoms with E-state index in [2.05, 4.69) is 79.8 Å². The van der Waals surface area contributed by atoms with Crippen LogP contribution in [0.15, 0.2) is 60.7 Å². The van der Waals surface area contributed by atoms with E-state index in [4.69, 9.17) is 0 Å². The molecule has 0 spiro atoms. The average Bonchev–Trinajstić information content (AvgIpc) is 2.49. The van der Waals surface area contributed by atoms with Crippen LogP contribution in [-0.4, -0.2) is 12.6 Å². The third-order valence-corrected chi connectivity index (χ3v) is 3.63. The Balaban J connectivity index is 2.06. The number of hydrogen-bond acceptors (Lipinski definition) is 1. The molecule has 0 aliphatic heterocycles. The van der Waals surface area contributed by atoms with E-state index in [9.17, 15) is 0 Å². The maximum atomic E-state index is 3.50. The molecule has 1 heteroatoms. The quantitative estimate of drug-likeness (QED) is 0.723. The van der Waals surface area contributed by atoms with Gasteiger partial charge >= 0.3 is 0 Å². The van der Waals surface area contributed by atoms with Crippen LogP contribution < -0.4 is 5.32 Å². The minimum Gasteiger partial charge on any atom is -0.315 e. The van der Waals surface area contributed by atoms with Crippen molar-refractivity contribution in [1.29, 1.82) is 0 Å². The highest BCUT2D eigenvalue weighted by molar-refractivity contribution is 5.32. The van der Waals surface area contributed by atoms with Crippen molar-refractivity contribution < 1.29 is 0 Å². The van der Waals surface area contributed by atoms with Gasteiger partial charge in [-0.05, 0) is 30.5 Å². The van der Waals surface area contributed by atoms with Crippen molar-refractivity contribution >= 4 is 0 Å². The largest absolute Gasteiger partial charge is 0.315 e. The number of benzene rings is 2. The highest BCUT2D eigenvalue weighted by Crippen LogP contribution is 2.28. The van der Waals surface area contributed by atoms with Crippen molar-refractivity contribution in [2.75, 3.05) is 6.54 Å². The van der Waals surface area contributed by atoms with Gasteiger partial charge in [0.05, 0.1) is 0 Å². The van der Waals surface area contributed by atoms with Gasteiger partial charge in [0, 0.05) is 12.0 Å². The summed E-state index contributed by atoms with van der Waals surface area (Å²) >= 11 is 0. The molecule has 1 nitrogen and oxygen atoms in total. The molecule has 0 amide bonds. The summed E-state index contributed by atoms with van der Waals surface area (Å²) in [7, 11) is 0. The summed E-state index contributed by atoms with van der Waals surface area (Å²) < 4.78 is 0. The zero-order chi connectivity index (χ0) is 14.2. The molecule has 1 N–H and O–H groups in total. The molecule has 0 aliphatic rings. The van der Waals surface area contributed by atoms with Crippen molar-refractivity contribution in [2.45, 2.75) is 38.6 Å². The lowest BCUT2D eigenvalue weighted by atomic mass is 9.87. The van der Waals surface area contributed by atoms with E-state index in [1.807, 2.05) is 0 Å². The van der Waals surface area contributed by atoms with Gasteiger partial charge in [-0.1, -0.05) is 74.5 Å². The average molecular weight is 267 g/mol. The van der Waals surface area contributed by atoms with Crippen molar-refractivity contribution in [2.24, 2.45) is 0 Å². The molecular weight excluding hydrogens is 242 g/mol. The zero-order valence-corrected chi connectivity index (χ0v) is 12.5. The van der Waals surface area contributed by atoms with Crippen LogP contribution in [0.5, 0.6) is 0 Å². The molecule has 2 rings (SSSR count). The van der Waals surface area contributed by atoms with E-state index in [-0.39, 0.29) is 0 Å². The first-order chi connectivity index (χ1) is 9.77. The van der Waals surface area contributed by atoms with Crippen molar-refractivity contribution in [3.05, 3.63) is 71.8 Å². The van der Waals surface area contributed by atoms with Crippen LogP contribution in [0.4, 0.5) is 0 Å². The zero-order valence-electron chi connectivity index (χ0n) is 12.5.